The van der Waals surface area contributed by atoms with Crippen molar-refractivity contribution in [3.05, 3.63) is 35.7 Å². The lowest BCUT2D eigenvalue weighted by atomic mass is 10.1. The molecule has 0 saturated carbocycles. The van der Waals surface area contributed by atoms with E-state index in [9.17, 15) is 0 Å². The quantitative estimate of drug-likeness (QED) is 0.840. The van der Waals surface area contributed by atoms with Gasteiger partial charge >= 0.3 is 0 Å². The maximum atomic E-state index is 5.65. The minimum absolute atomic E-state index is 0.0918. The van der Waals surface area contributed by atoms with Crippen molar-refractivity contribution in [2.75, 3.05) is 6.61 Å². The highest BCUT2D eigenvalue weighted by atomic mass is 16.5. The zero-order valence-electron chi connectivity index (χ0n) is 12.0. The largest absolute Gasteiger partial charge is 0.370 e. The van der Waals surface area contributed by atoms with Crippen molar-refractivity contribution >= 4 is 0 Å². The van der Waals surface area contributed by atoms with Crippen LogP contribution in [0.4, 0.5) is 0 Å². The van der Waals surface area contributed by atoms with E-state index in [1.807, 2.05) is 31.2 Å². The van der Waals surface area contributed by atoms with Crippen LogP contribution in [0.5, 0.6) is 0 Å². The van der Waals surface area contributed by atoms with Gasteiger partial charge in [-0.25, -0.2) is 0 Å². The number of nitrogens with zero attached hydrogens (tertiary/aromatic N) is 2. The van der Waals surface area contributed by atoms with Gasteiger partial charge in [0.25, 0.3) is 5.89 Å². The molecule has 0 saturated heterocycles. The Morgan fingerprint density at radius 2 is 2.00 bits per heavy atom. The lowest BCUT2D eigenvalue weighted by Crippen LogP contribution is -2.05. The summed E-state index contributed by atoms with van der Waals surface area (Å²) in [5.41, 5.74) is 7.55. The van der Waals surface area contributed by atoms with E-state index in [1.165, 1.54) is 0 Å². The van der Waals surface area contributed by atoms with E-state index in [4.69, 9.17) is 15.0 Å². The molecule has 0 radical (unpaired) electrons. The van der Waals surface area contributed by atoms with Crippen LogP contribution in [0, 0.1) is 0 Å². The third kappa shape index (κ3) is 3.43. The molecular formula is C15H21N3O2. The molecule has 0 spiro atoms. The van der Waals surface area contributed by atoms with E-state index in [0.29, 0.717) is 24.9 Å². The molecule has 0 fully saturated rings. The summed E-state index contributed by atoms with van der Waals surface area (Å²) in [6, 6.07) is 7.81. The first-order valence-electron chi connectivity index (χ1n) is 7.03. The second-order valence-corrected chi connectivity index (χ2v) is 4.59. The molecule has 0 aliphatic rings. The molecule has 0 aliphatic heterocycles. The highest BCUT2D eigenvalue weighted by Crippen LogP contribution is 2.24. The predicted molar refractivity (Wildman–Crippen MR) is 76.9 cm³/mol. The number of nitrogens with two attached hydrogens (primary N) is 1. The first kappa shape index (κ1) is 14.7. The number of hydrogen-bond acceptors (Lipinski definition) is 5. The minimum atomic E-state index is -0.0918. The van der Waals surface area contributed by atoms with Crippen LogP contribution in [0.1, 0.15) is 44.2 Å². The lowest BCUT2D eigenvalue weighted by molar-refractivity contribution is 0.0478. The molecular weight excluding hydrogens is 254 g/mol. The monoisotopic (exact) mass is 275 g/mol. The molecule has 0 amide bonds. The molecule has 5 nitrogen and oxygen atoms in total. The summed E-state index contributed by atoms with van der Waals surface area (Å²) in [6.07, 6.45) is 1.81. The molecule has 5 heteroatoms. The summed E-state index contributed by atoms with van der Waals surface area (Å²) in [7, 11) is 0. The average Bonchev–Trinajstić information content (AvgIpc) is 2.97. The highest BCUT2D eigenvalue weighted by Gasteiger charge is 2.18. The molecule has 20 heavy (non-hydrogen) atoms. The number of rotatable bonds is 7. The van der Waals surface area contributed by atoms with E-state index >= 15 is 0 Å². The molecule has 2 rings (SSSR count). The van der Waals surface area contributed by atoms with Gasteiger partial charge in [-0.05, 0) is 31.0 Å². The van der Waals surface area contributed by atoms with E-state index in [-0.39, 0.29) is 6.10 Å². The Hall–Kier alpha value is -1.72. The fraction of sp³-hybridized carbons (Fsp3) is 0.467. The van der Waals surface area contributed by atoms with Gasteiger partial charge in [-0.1, -0.05) is 30.6 Å². The number of hydrogen-bond donors (Lipinski definition) is 1. The van der Waals surface area contributed by atoms with E-state index < -0.39 is 0 Å². The number of aromatic nitrogens is 2. The molecule has 2 N–H and O–H groups in total. The van der Waals surface area contributed by atoms with Crippen LogP contribution in [-0.4, -0.2) is 16.7 Å². The normalized spacial score (nSPS) is 12.6. The second kappa shape index (κ2) is 7.17. The van der Waals surface area contributed by atoms with Crippen molar-refractivity contribution in [3.8, 4) is 11.5 Å². The molecule has 1 aromatic heterocycles. The Balaban J connectivity index is 2.17. The first-order chi connectivity index (χ1) is 9.78. The smallest absolute Gasteiger partial charge is 0.258 e. The third-order valence-electron chi connectivity index (χ3n) is 3.09. The van der Waals surface area contributed by atoms with Gasteiger partial charge in [-0.3, -0.25) is 0 Å². The van der Waals surface area contributed by atoms with E-state index in [0.717, 1.165) is 24.0 Å². The van der Waals surface area contributed by atoms with Gasteiger partial charge < -0.3 is 15.0 Å². The maximum absolute atomic E-state index is 5.65. The van der Waals surface area contributed by atoms with Gasteiger partial charge in [0.15, 0.2) is 0 Å². The van der Waals surface area contributed by atoms with Crippen molar-refractivity contribution in [2.24, 2.45) is 5.73 Å². The Morgan fingerprint density at radius 1 is 1.25 bits per heavy atom. The summed E-state index contributed by atoms with van der Waals surface area (Å²) >= 11 is 0. The summed E-state index contributed by atoms with van der Waals surface area (Å²) < 4.78 is 11.0. The summed E-state index contributed by atoms with van der Waals surface area (Å²) in [5.74, 6) is 1.14. The van der Waals surface area contributed by atoms with Crippen molar-refractivity contribution < 1.29 is 9.26 Å². The van der Waals surface area contributed by atoms with Gasteiger partial charge in [0.1, 0.15) is 6.10 Å². The number of ether oxygens (including phenoxy) is 1. The van der Waals surface area contributed by atoms with Crippen molar-refractivity contribution in [2.45, 2.75) is 39.3 Å². The molecule has 1 aromatic carbocycles. The summed E-state index contributed by atoms with van der Waals surface area (Å²) in [6.45, 7) is 5.24. The van der Waals surface area contributed by atoms with Gasteiger partial charge in [0.2, 0.25) is 5.82 Å². The minimum Gasteiger partial charge on any atom is -0.370 e. The fourth-order valence-corrected chi connectivity index (χ4v) is 2.02. The molecule has 1 atom stereocenters. The van der Waals surface area contributed by atoms with Crippen LogP contribution in [-0.2, 0) is 11.3 Å². The molecule has 0 bridgehead atoms. The topological polar surface area (TPSA) is 74.2 Å². The first-order valence-corrected chi connectivity index (χ1v) is 7.03. The Bertz CT molecular complexity index is 516. The predicted octanol–water partition coefficient (Wildman–Crippen LogP) is 3.07. The maximum Gasteiger partial charge on any atom is 0.258 e. The second-order valence-electron chi connectivity index (χ2n) is 4.59. The number of benzene rings is 1. The Morgan fingerprint density at radius 3 is 2.60 bits per heavy atom. The Labute approximate surface area is 119 Å². The van der Waals surface area contributed by atoms with Crippen LogP contribution in [0.2, 0.25) is 0 Å². The summed E-state index contributed by atoms with van der Waals surface area (Å²) in [4.78, 5) is 4.44. The van der Waals surface area contributed by atoms with Crippen molar-refractivity contribution in [3.63, 3.8) is 0 Å². The molecule has 2 aromatic rings. The van der Waals surface area contributed by atoms with Crippen LogP contribution in [0.3, 0.4) is 0 Å². The van der Waals surface area contributed by atoms with Gasteiger partial charge in [-0.15, -0.1) is 0 Å². The van der Waals surface area contributed by atoms with Crippen LogP contribution >= 0.6 is 0 Å². The Kier molecular flexibility index (Phi) is 5.26. The van der Waals surface area contributed by atoms with Crippen LogP contribution in [0.15, 0.2) is 28.8 Å². The van der Waals surface area contributed by atoms with Crippen LogP contribution < -0.4 is 5.73 Å². The van der Waals surface area contributed by atoms with E-state index in [1.54, 1.807) is 0 Å². The van der Waals surface area contributed by atoms with Crippen LogP contribution in [0.25, 0.3) is 11.5 Å². The van der Waals surface area contributed by atoms with E-state index in [2.05, 4.69) is 17.1 Å². The molecule has 0 aliphatic carbocycles. The standard InChI is InChI=1S/C15H21N3O2/c1-3-5-13(19-4-2)14-17-15(20-18-14)12-8-6-11(10-16)7-9-12/h6-9,13H,3-5,10,16H2,1-2H3. The zero-order chi connectivity index (χ0) is 14.4. The zero-order valence-corrected chi connectivity index (χ0v) is 12.0. The lowest BCUT2D eigenvalue weighted by Gasteiger charge is -2.11. The fourth-order valence-electron chi connectivity index (χ4n) is 2.02. The third-order valence-corrected chi connectivity index (χ3v) is 3.09. The highest BCUT2D eigenvalue weighted by molar-refractivity contribution is 5.53. The average molecular weight is 275 g/mol. The molecule has 1 unspecified atom stereocenters. The molecule has 108 valence electrons. The van der Waals surface area contributed by atoms with Crippen molar-refractivity contribution in [1.82, 2.24) is 10.1 Å². The van der Waals surface area contributed by atoms with Gasteiger partial charge in [0.05, 0.1) is 0 Å². The van der Waals surface area contributed by atoms with Gasteiger partial charge in [-0.2, -0.15) is 4.98 Å². The molecule has 1 heterocycles. The van der Waals surface area contributed by atoms with Gasteiger partial charge in [0, 0.05) is 18.7 Å². The van der Waals surface area contributed by atoms with Crippen molar-refractivity contribution in [1.29, 1.82) is 0 Å². The SMILES string of the molecule is CCCC(OCC)c1noc(-c2ccc(CN)cc2)n1. The summed E-state index contributed by atoms with van der Waals surface area (Å²) in [5, 5.41) is 4.04.